The summed E-state index contributed by atoms with van der Waals surface area (Å²) in [5.41, 5.74) is 0. The molecule has 0 radical (unpaired) electrons. The molecule has 0 aromatic carbocycles. The van der Waals surface area contributed by atoms with Gasteiger partial charge in [0.1, 0.15) is 12.6 Å². The zero-order valence-corrected chi connectivity index (χ0v) is 10.5. The Hall–Kier alpha value is -1.28. The summed E-state index contributed by atoms with van der Waals surface area (Å²) in [6.45, 7) is 0.948. The van der Waals surface area contributed by atoms with E-state index in [9.17, 15) is 14.4 Å². The second kappa shape index (κ2) is 5.57. The van der Waals surface area contributed by atoms with Gasteiger partial charge in [-0.2, -0.15) is 11.8 Å². The Morgan fingerprint density at radius 2 is 2.22 bits per heavy atom. The number of hydrogen-bond acceptors (Lipinski definition) is 6. The highest BCUT2D eigenvalue weighted by Crippen LogP contribution is 2.17. The topological polar surface area (TPSA) is 87.2 Å². The van der Waals surface area contributed by atoms with Gasteiger partial charge in [-0.3, -0.25) is 14.5 Å². The minimum Gasteiger partial charge on any atom is -0.480 e. The number of cyclic esters (lactones) is 1. The van der Waals surface area contributed by atoms with Crippen molar-refractivity contribution in [2.24, 2.45) is 0 Å². The average Bonchev–Trinajstić information content (AvgIpc) is 2.76. The van der Waals surface area contributed by atoms with Crippen LogP contribution in [0.4, 0.5) is 4.79 Å². The molecule has 18 heavy (non-hydrogen) atoms. The van der Waals surface area contributed by atoms with Gasteiger partial charge in [-0.25, -0.2) is 9.69 Å². The van der Waals surface area contributed by atoms with Gasteiger partial charge < -0.3 is 9.84 Å². The lowest BCUT2D eigenvalue weighted by molar-refractivity contribution is -0.143. The number of carbonyl (C=O) groups is 3. The van der Waals surface area contributed by atoms with Crippen molar-refractivity contribution < 1.29 is 24.2 Å². The van der Waals surface area contributed by atoms with Gasteiger partial charge in [0, 0.05) is 18.1 Å². The van der Waals surface area contributed by atoms with Crippen LogP contribution in [0.1, 0.15) is 0 Å². The zero-order valence-electron chi connectivity index (χ0n) is 9.70. The maximum Gasteiger partial charge on any atom is 0.416 e. The van der Waals surface area contributed by atoms with Gasteiger partial charge in [0.2, 0.25) is 5.91 Å². The van der Waals surface area contributed by atoms with Crippen LogP contribution in [0.25, 0.3) is 0 Å². The quantitative estimate of drug-likeness (QED) is 0.740. The number of thioether (sulfide) groups is 1. The number of carboxylic acids is 1. The van der Waals surface area contributed by atoms with Gasteiger partial charge in [0.15, 0.2) is 0 Å². The average molecular weight is 274 g/mol. The molecule has 0 spiro atoms. The molecule has 2 heterocycles. The number of imide groups is 1. The first kappa shape index (κ1) is 13.2. The number of hydrogen-bond donors (Lipinski definition) is 1. The summed E-state index contributed by atoms with van der Waals surface area (Å²) in [5.74, 6) is -0.0659. The van der Waals surface area contributed by atoms with Gasteiger partial charge >= 0.3 is 12.1 Å². The molecule has 1 unspecified atom stereocenters. The number of carbonyl (C=O) groups excluding carboxylic acids is 2. The third-order valence-electron chi connectivity index (χ3n) is 2.92. The van der Waals surface area contributed by atoms with Crippen LogP contribution < -0.4 is 0 Å². The van der Waals surface area contributed by atoms with Crippen LogP contribution in [-0.2, 0) is 14.3 Å². The molecule has 1 N–H and O–H groups in total. The molecule has 2 rings (SSSR count). The maximum atomic E-state index is 11.9. The molecule has 2 aliphatic rings. The van der Waals surface area contributed by atoms with Gasteiger partial charge in [-0.15, -0.1) is 0 Å². The lowest BCUT2D eigenvalue weighted by Crippen LogP contribution is -2.51. The van der Waals surface area contributed by atoms with E-state index in [1.54, 1.807) is 16.7 Å². The first-order valence-corrected chi connectivity index (χ1v) is 6.77. The summed E-state index contributed by atoms with van der Waals surface area (Å²) >= 11 is 1.56. The third-order valence-corrected chi connectivity index (χ3v) is 3.95. The molecule has 7 nitrogen and oxygen atoms in total. The number of ether oxygens (including phenoxy) is 1. The summed E-state index contributed by atoms with van der Waals surface area (Å²) in [6.07, 6.45) is -0.641. The van der Waals surface area contributed by atoms with Crippen LogP contribution >= 0.6 is 11.8 Å². The molecule has 0 aromatic heterocycles. The van der Waals surface area contributed by atoms with Crippen molar-refractivity contribution in [3.63, 3.8) is 0 Å². The first-order valence-electron chi connectivity index (χ1n) is 5.61. The number of aliphatic carboxylic acids is 1. The van der Waals surface area contributed by atoms with Crippen molar-refractivity contribution >= 4 is 29.7 Å². The summed E-state index contributed by atoms with van der Waals surface area (Å²) in [7, 11) is 0. The Morgan fingerprint density at radius 1 is 1.44 bits per heavy atom. The van der Waals surface area contributed by atoms with Gasteiger partial charge in [-0.05, 0) is 0 Å². The molecular formula is C10H14N2O5S. The van der Waals surface area contributed by atoms with Gasteiger partial charge in [-0.1, -0.05) is 0 Å². The van der Waals surface area contributed by atoms with E-state index >= 15 is 0 Å². The fraction of sp³-hybridized carbons (Fsp3) is 0.700. The number of rotatable bonds is 3. The van der Waals surface area contributed by atoms with E-state index in [-0.39, 0.29) is 19.7 Å². The molecule has 1 atom stereocenters. The highest BCUT2D eigenvalue weighted by atomic mass is 32.2. The van der Waals surface area contributed by atoms with Crippen molar-refractivity contribution in [2.45, 2.75) is 6.04 Å². The molecule has 2 fully saturated rings. The maximum absolute atomic E-state index is 11.9. The lowest BCUT2D eigenvalue weighted by atomic mass is 10.2. The van der Waals surface area contributed by atoms with Crippen molar-refractivity contribution in [3.8, 4) is 0 Å². The molecule has 2 aliphatic heterocycles. The minimum absolute atomic E-state index is 0.0490. The van der Waals surface area contributed by atoms with E-state index in [0.29, 0.717) is 12.3 Å². The van der Waals surface area contributed by atoms with E-state index in [1.165, 1.54) is 0 Å². The third kappa shape index (κ3) is 2.75. The van der Waals surface area contributed by atoms with Gasteiger partial charge in [0.05, 0.1) is 13.1 Å². The Kier molecular flexibility index (Phi) is 4.07. The minimum atomic E-state index is -0.931. The van der Waals surface area contributed by atoms with Crippen LogP contribution in [-0.4, -0.2) is 76.7 Å². The molecule has 100 valence electrons. The Balaban J connectivity index is 1.96. The molecule has 0 bridgehead atoms. The van der Waals surface area contributed by atoms with Crippen molar-refractivity contribution in [2.75, 3.05) is 37.7 Å². The van der Waals surface area contributed by atoms with Crippen LogP contribution in [0, 0.1) is 0 Å². The Bertz CT molecular complexity index is 375. The predicted octanol–water partition coefficient (Wildman–Crippen LogP) is -0.533. The fourth-order valence-electron chi connectivity index (χ4n) is 1.93. The van der Waals surface area contributed by atoms with E-state index in [4.69, 9.17) is 5.11 Å². The number of nitrogens with zero attached hydrogens (tertiary/aromatic N) is 2. The predicted molar refractivity (Wildman–Crippen MR) is 63.4 cm³/mol. The summed E-state index contributed by atoms with van der Waals surface area (Å²) in [5, 5.41) is 9.07. The van der Waals surface area contributed by atoms with Gasteiger partial charge in [0.25, 0.3) is 0 Å². The fourth-order valence-corrected chi connectivity index (χ4v) is 3.04. The van der Waals surface area contributed by atoms with E-state index in [1.807, 2.05) is 0 Å². The second-order valence-corrected chi connectivity index (χ2v) is 5.21. The van der Waals surface area contributed by atoms with Crippen molar-refractivity contribution in [3.05, 3.63) is 0 Å². The Morgan fingerprint density at radius 3 is 2.83 bits per heavy atom. The summed E-state index contributed by atoms with van der Waals surface area (Å²) in [4.78, 5) is 36.8. The molecular weight excluding hydrogens is 260 g/mol. The summed E-state index contributed by atoms with van der Waals surface area (Å²) in [6, 6.07) is -0.661. The second-order valence-electron chi connectivity index (χ2n) is 4.06. The van der Waals surface area contributed by atoms with Crippen LogP contribution in [0.5, 0.6) is 0 Å². The Labute approximate surface area is 108 Å². The highest BCUT2D eigenvalue weighted by Gasteiger charge is 2.34. The molecule has 0 saturated carbocycles. The first-order chi connectivity index (χ1) is 8.59. The van der Waals surface area contributed by atoms with Crippen molar-refractivity contribution in [1.29, 1.82) is 0 Å². The van der Waals surface area contributed by atoms with Crippen LogP contribution in [0.3, 0.4) is 0 Å². The van der Waals surface area contributed by atoms with Crippen LogP contribution in [0.2, 0.25) is 0 Å². The summed E-state index contributed by atoms with van der Waals surface area (Å²) < 4.78 is 4.68. The van der Waals surface area contributed by atoms with E-state index in [2.05, 4.69) is 4.74 Å². The standard InChI is InChI=1S/C10H14N2O5S/c13-8(12-1-3-17-10(12)16)5-11-2-4-18-6-7(11)9(14)15/h7H,1-6H2,(H,14,15). The van der Waals surface area contributed by atoms with E-state index < -0.39 is 24.0 Å². The zero-order chi connectivity index (χ0) is 13.1. The smallest absolute Gasteiger partial charge is 0.416 e. The van der Waals surface area contributed by atoms with E-state index in [0.717, 1.165) is 10.7 Å². The highest BCUT2D eigenvalue weighted by molar-refractivity contribution is 7.99. The van der Waals surface area contributed by atoms with Crippen molar-refractivity contribution in [1.82, 2.24) is 9.80 Å². The molecule has 8 heteroatoms. The molecule has 0 aliphatic carbocycles. The molecule has 2 amide bonds. The number of carboxylic acid groups (broad SMARTS) is 1. The number of amides is 2. The lowest BCUT2D eigenvalue weighted by Gasteiger charge is -2.32. The normalized spacial score (nSPS) is 25.0. The largest absolute Gasteiger partial charge is 0.480 e. The monoisotopic (exact) mass is 274 g/mol. The van der Waals surface area contributed by atoms with Crippen LogP contribution in [0.15, 0.2) is 0 Å². The SMILES string of the molecule is O=C(O)C1CSCCN1CC(=O)N1CCOC1=O. The molecule has 0 aromatic rings. The molecule has 2 saturated heterocycles.